The zero-order valence-corrected chi connectivity index (χ0v) is 16.0. The van der Waals surface area contributed by atoms with Gasteiger partial charge in [0.25, 0.3) is 5.91 Å². The molecule has 3 aliphatic rings. The Bertz CT molecular complexity index is 788. The Morgan fingerprint density at radius 2 is 1.82 bits per heavy atom. The molecule has 0 saturated carbocycles. The van der Waals surface area contributed by atoms with Crippen molar-refractivity contribution in [3.8, 4) is 0 Å². The summed E-state index contributed by atoms with van der Waals surface area (Å²) in [6.07, 6.45) is 0.666. The predicted octanol–water partition coefficient (Wildman–Crippen LogP) is -0.476. The standard InChI is InChI=1S/C20H27N5O3/c21-6-7-23-8-10-24(11-9-23)12-14-2-1-3-15-16(14)13-25(20(15)28)17-4-5-18(26)22-19(17)27/h1-3,17H,4-13,21H2,(H,22,26,27). The van der Waals surface area contributed by atoms with Crippen LogP contribution in [-0.4, -0.2) is 77.7 Å². The second-order valence-corrected chi connectivity index (χ2v) is 7.75. The lowest BCUT2D eigenvalue weighted by Gasteiger charge is -2.34. The van der Waals surface area contributed by atoms with E-state index in [1.54, 1.807) is 4.90 Å². The van der Waals surface area contributed by atoms with Crippen LogP contribution in [0.25, 0.3) is 0 Å². The van der Waals surface area contributed by atoms with Gasteiger partial charge < -0.3 is 10.6 Å². The number of piperazine rings is 1. The molecule has 2 fully saturated rings. The third-order valence-corrected chi connectivity index (χ3v) is 5.98. The number of rotatable bonds is 5. The van der Waals surface area contributed by atoms with E-state index < -0.39 is 6.04 Å². The van der Waals surface area contributed by atoms with Crippen LogP contribution in [0.5, 0.6) is 0 Å². The maximum atomic E-state index is 12.9. The topological polar surface area (TPSA) is 99.0 Å². The lowest BCUT2D eigenvalue weighted by molar-refractivity contribution is -0.136. The van der Waals surface area contributed by atoms with E-state index in [1.165, 1.54) is 0 Å². The van der Waals surface area contributed by atoms with Gasteiger partial charge in [0, 0.05) is 64.3 Å². The minimum Gasteiger partial charge on any atom is -0.329 e. The molecule has 28 heavy (non-hydrogen) atoms. The van der Waals surface area contributed by atoms with E-state index in [4.69, 9.17) is 5.73 Å². The summed E-state index contributed by atoms with van der Waals surface area (Å²) < 4.78 is 0. The van der Waals surface area contributed by atoms with Crippen molar-refractivity contribution >= 4 is 17.7 Å². The molecule has 0 radical (unpaired) electrons. The van der Waals surface area contributed by atoms with E-state index >= 15 is 0 Å². The minimum absolute atomic E-state index is 0.112. The summed E-state index contributed by atoms with van der Waals surface area (Å²) in [4.78, 5) is 43.0. The fraction of sp³-hybridized carbons (Fsp3) is 0.550. The summed E-state index contributed by atoms with van der Waals surface area (Å²) in [5.41, 5.74) is 8.49. The number of carbonyl (C=O) groups is 3. The zero-order chi connectivity index (χ0) is 19.7. The van der Waals surface area contributed by atoms with Crippen LogP contribution in [0.1, 0.15) is 34.3 Å². The monoisotopic (exact) mass is 385 g/mol. The molecule has 1 unspecified atom stereocenters. The average molecular weight is 385 g/mol. The summed E-state index contributed by atoms with van der Waals surface area (Å²) in [6.45, 7) is 6.83. The van der Waals surface area contributed by atoms with Crippen LogP contribution in [0.15, 0.2) is 18.2 Å². The smallest absolute Gasteiger partial charge is 0.255 e. The van der Waals surface area contributed by atoms with E-state index in [2.05, 4.69) is 21.2 Å². The van der Waals surface area contributed by atoms with Gasteiger partial charge in [-0.05, 0) is 23.6 Å². The third kappa shape index (κ3) is 3.67. The SMILES string of the molecule is NCCN1CCN(Cc2cccc3c2CN(C2CCC(=O)NC2=O)C3=O)CC1. The van der Waals surface area contributed by atoms with Crippen molar-refractivity contribution in [3.63, 3.8) is 0 Å². The minimum atomic E-state index is -0.565. The van der Waals surface area contributed by atoms with Gasteiger partial charge in [0.05, 0.1) is 0 Å². The number of hydrogen-bond donors (Lipinski definition) is 2. The van der Waals surface area contributed by atoms with Gasteiger partial charge >= 0.3 is 0 Å². The maximum absolute atomic E-state index is 12.9. The Balaban J connectivity index is 1.46. The largest absolute Gasteiger partial charge is 0.329 e. The Labute approximate surface area is 164 Å². The number of amides is 3. The van der Waals surface area contributed by atoms with Gasteiger partial charge in [-0.25, -0.2) is 0 Å². The van der Waals surface area contributed by atoms with Crippen molar-refractivity contribution in [2.75, 3.05) is 39.3 Å². The molecule has 0 aromatic heterocycles. The third-order valence-electron chi connectivity index (χ3n) is 5.98. The molecule has 1 aromatic carbocycles. The summed E-state index contributed by atoms with van der Waals surface area (Å²) in [7, 11) is 0. The van der Waals surface area contributed by atoms with Crippen molar-refractivity contribution in [1.29, 1.82) is 0 Å². The van der Waals surface area contributed by atoms with Crippen molar-refractivity contribution in [3.05, 3.63) is 34.9 Å². The summed E-state index contributed by atoms with van der Waals surface area (Å²) in [5.74, 6) is -0.742. The molecule has 0 bridgehead atoms. The first kappa shape index (κ1) is 19.0. The maximum Gasteiger partial charge on any atom is 0.255 e. The Hall–Kier alpha value is -2.29. The molecule has 0 spiro atoms. The molecule has 3 heterocycles. The number of piperidine rings is 1. The van der Waals surface area contributed by atoms with Crippen LogP contribution in [-0.2, 0) is 22.7 Å². The van der Waals surface area contributed by atoms with Crippen LogP contribution in [0.4, 0.5) is 0 Å². The highest BCUT2D eigenvalue weighted by Crippen LogP contribution is 2.30. The van der Waals surface area contributed by atoms with Crippen LogP contribution >= 0.6 is 0 Å². The van der Waals surface area contributed by atoms with Gasteiger partial charge in [-0.15, -0.1) is 0 Å². The highest BCUT2D eigenvalue weighted by Gasteiger charge is 2.39. The number of nitrogens with two attached hydrogens (primary N) is 1. The van der Waals surface area contributed by atoms with Gasteiger partial charge in [0.2, 0.25) is 11.8 Å². The number of benzene rings is 1. The molecular formula is C20H27N5O3. The fourth-order valence-corrected chi connectivity index (χ4v) is 4.39. The molecule has 8 nitrogen and oxygen atoms in total. The van der Waals surface area contributed by atoms with Crippen LogP contribution < -0.4 is 11.1 Å². The number of imide groups is 1. The Morgan fingerprint density at radius 3 is 2.54 bits per heavy atom. The first-order valence-corrected chi connectivity index (χ1v) is 9.97. The number of nitrogens with one attached hydrogen (secondary N) is 1. The molecule has 3 amide bonds. The highest BCUT2D eigenvalue weighted by atomic mass is 16.2. The Kier molecular flexibility index (Phi) is 5.43. The van der Waals surface area contributed by atoms with E-state index in [-0.39, 0.29) is 24.1 Å². The molecule has 0 aliphatic carbocycles. The van der Waals surface area contributed by atoms with Crippen molar-refractivity contribution in [1.82, 2.24) is 20.0 Å². The molecule has 2 saturated heterocycles. The second-order valence-electron chi connectivity index (χ2n) is 7.75. The fourth-order valence-electron chi connectivity index (χ4n) is 4.39. The summed E-state index contributed by atoms with van der Waals surface area (Å²) >= 11 is 0. The summed E-state index contributed by atoms with van der Waals surface area (Å²) in [6, 6.07) is 5.27. The Morgan fingerprint density at radius 1 is 1.07 bits per heavy atom. The highest BCUT2D eigenvalue weighted by molar-refractivity contribution is 6.05. The van der Waals surface area contributed by atoms with Gasteiger partial charge in [0.1, 0.15) is 6.04 Å². The molecule has 1 atom stereocenters. The van der Waals surface area contributed by atoms with E-state index in [0.717, 1.165) is 50.4 Å². The molecule has 3 aliphatic heterocycles. The molecule has 1 aromatic rings. The number of hydrogen-bond acceptors (Lipinski definition) is 6. The zero-order valence-electron chi connectivity index (χ0n) is 16.0. The number of nitrogens with zero attached hydrogens (tertiary/aromatic N) is 3. The van der Waals surface area contributed by atoms with Crippen molar-refractivity contribution in [2.24, 2.45) is 5.73 Å². The molecular weight excluding hydrogens is 358 g/mol. The molecule has 4 rings (SSSR count). The van der Waals surface area contributed by atoms with E-state index in [1.807, 2.05) is 12.1 Å². The van der Waals surface area contributed by atoms with Gasteiger partial charge in [-0.2, -0.15) is 0 Å². The molecule has 3 N–H and O–H groups in total. The average Bonchev–Trinajstić information content (AvgIpc) is 3.01. The molecule has 8 heteroatoms. The van der Waals surface area contributed by atoms with Crippen molar-refractivity contribution in [2.45, 2.75) is 32.0 Å². The number of carbonyl (C=O) groups excluding carboxylic acids is 3. The van der Waals surface area contributed by atoms with Crippen molar-refractivity contribution < 1.29 is 14.4 Å². The van der Waals surface area contributed by atoms with Crippen LogP contribution in [0, 0.1) is 0 Å². The van der Waals surface area contributed by atoms with Crippen LogP contribution in [0.2, 0.25) is 0 Å². The number of fused-ring (bicyclic) bond motifs is 1. The predicted molar refractivity (Wildman–Crippen MR) is 103 cm³/mol. The normalized spacial score (nSPS) is 23.8. The first-order valence-electron chi connectivity index (χ1n) is 9.97. The van der Waals surface area contributed by atoms with Crippen LogP contribution in [0.3, 0.4) is 0 Å². The van der Waals surface area contributed by atoms with Gasteiger partial charge in [-0.3, -0.25) is 29.5 Å². The quantitative estimate of drug-likeness (QED) is 0.665. The molecule has 150 valence electrons. The lowest BCUT2D eigenvalue weighted by atomic mass is 10.0. The summed E-state index contributed by atoms with van der Waals surface area (Å²) in [5, 5.41) is 2.35. The van der Waals surface area contributed by atoms with E-state index in [9.17, 15) is 14.4 Å². The lowest BCUT2D eigenvalue weighted by Crippen LogP contribution is -2.52. The first-order chi connectivity index (χ1) is 13.6. The van der Waals surface area contributed by atoms with E-state index in [0.29, 0.717) is 25.1 Å². The second kappa shape index (κ2) is 7.98. The van der Waals surface area contributed by atoms with Gasteiger partial charge in [-0.1, -0.05) is 12.1 Å². The van der Waals surface area contributed by atoms with Gasteiger partial charge in [0.15, 0.2) is 0 Å².